The summed E-state index contributed by atoms with van der Waals surface area (Å²) in [5, 5.41) is 25.0. The van der Waals surface area contributed by atoms with Crippen molar-refractivity contribution in [2.24, 2.45) is 5.41 Å². The number of para-hydroxylation sites is 1. The fraction of sp³-hybridized carbons (Fsp3) is 0.269. The van der Waals surface area contributed by atoms with Crippen molar-refractivity contribution in [1.29, 1.82) is 0 Å². The number of H-pyrrole nitrogens is 1. The second-order valence-electron chi connectivity index (χ2n) is 9.07. The van der Waals surface area contributed by atoms with Gasteiger partial charge in [-0.2, -0.15) is 14.9 Å². The van der Waals surface area contributed by atoms with Crippen LogP contribution in [0.5, 0.6) is 0 Å². The van der Waals surface area contributed by atoms with E-state index < -0.39 is 11.6 Å². The van der Waals surface area contributed by atoms with E-state index in [1.54, 1.807) is 12.1 Å². The maximum absolute atomic E-state index is 14.8. The lowest BCUT2D eigenvalue weighted by atomic mass is 9.69. The number of nitrogens with one attached hydrogen (secondary N) is 2. The van der Waals surface area contributed by atoms with Gasteiger partial charge in [0.05, 0.1) is 29.2 Å². The first-order valence-corrected chi connectivity index (χ1v) is 11.5. The molecule has 9 heteroatoms. The Morgan fingerprint density at radius 2 is 1.94 bits per heavy atom. The highest BCUT2D eigenvalue weighted by Crippen LogP contribution is 2.42. The minimum Gasteiger partial charge on any atom is -0.396 e. The molecular formula is C26H25F2N5O2. The van der Waals surface area contributed by atoms with Gasteiger partial charge in [0, 0.05) is 29.7 Å². The highest BCUT2D eigenvalue weighted by atomic mass is 19.1. The number of hydrogen-bond donors (Lipinski definition) is 3. The lowest BCUT2D eigenvalue weighted by Gasteiger charge is -2.40. The average Bonchev–Trinajstić information content (AvgIpc) is 3.23. The topological polar surface area (TPSA) is 95.8 Å². The summed E-state index contributed by atoms with van der Waals surface area (Å²) in [6, 6.07) is 13.7. The quantitative estimate of drug-likeness (QED) is 0.366. The van der Waals surface area contributed by atoms with E-state index in [-0.39, 0.29) is 23.1 Å². The fourth-order valence-corrected chi connectivity index (χ4v) is 4.46. The summed E-state index contributed by atoms with van der Waals surface area (Å²) in [5.74, 6) is -1.03. The molecule has 1 saturated carbocycles. The van der Waals surface area contributed by atoms with E-state index in [0.717, 1.165) is 30.9 Å². The summed E-state index contributed by atoms with van der Waals surface area (Å²) < 4.78 is 29.7. The summed E-state index contributed by atoms with van der Waals surface area (Å²) in [5.41, 5.74) is 2.20. The molecule has 2 aromatic heterocycles. The Balaban J connectivity index is 1.65. The van der Waals surface area contributed by atoms with E-state index >= 15 is 0 Å². The summed E-state index contributed by atoms with van der Waals surface area (Å²) >= 11 is 0. The van der Waals surface area contributed by atoms with Gasteiger partial charge in [0.15, 0.2) is 5.82 Å². The lowest BCUT2D eigenvalue weighted by Crippen LogP contribution is -2.40. The summed E-state index contributed by atoms with van der Waals surface area (Å²) in [6.45, 7) is 2.41. The third-order valence-electron chi connectivity index (χ3n) is 6.75. The van der Waals surface area contributed by atoms with Crippen LogP contribution in [0.1, 0.15) is 24.8 Å². The number of anilines is 1. The van der Waals surface area contributed by atoms with E-state index in [1.165, 1.54) is 22.9 Å². The molecule has 35 heavy (non-hydrogen) atoms. The minimum atomic E-state index is -0.750. The molecule has 5 rings (SSSR count). The number of aliphatic hydroxyl groups excluding tert-OH is 1. The Labute approximate surface area is 200 Å². The largest absolute Gasteiger partial charge is 0.396 e. The van der Waals surface area contributed by atoms with Crippen LogP contribution in [0.15, 0.2) is 59.4 Å². The van der Waals surface area contributed by atoms with Gasteiger partial charge in [-0.1, -0.05) is 24.6 Å². The van der Waals surface area contributed by atoms with Gasteiger partial charge in [-0.3, -0.25) is 9.89 Å². The number of aromatic amines is 1. The van der Waals surface area contributed by atoms with Crippen LogP contribution in [0.3, 0.4) is 0 Å². The highest BCUT2D eigenvalue weighted by molar-refractivity contribution is 5.87. The van der Waals surface area contributed by atoms with Crippen LogP contribution in [0.2, 0.25) is 0 Å². The monoisotopic (exact) mass is 477 g/mol. The Morgan fingerprint density at radius 1 is 1.14 bits per heavy atom. The molecule has 4 aromatic rings. The first kappa shape index (κ1) is 22.9. The van der Waals surface area contributed by atoms with Crippen LogP contribution in [-0.4, -0.2) is 38.2 Å². The molecule has 2 heterocycles. The van der Waals surface area contributed by atoms with E-state index in [0.29, 0.717) is 35.0 Å². The van der Waals surface area contributed by atoms with Crippen LogP contribution in [0.4, 0.5) is 14.6 Å². The maximum atomic E-state index is 14.8. The van der Waals surface area contributed by atoms with Gasteiger partial charge < -0.3 is 10.4 Å². The highest BCUT2D eigenvalue weighted by Gasteiger charge is 2.36. The molecule has 1 fully saturated rings. The molecule has 0 spiro atoms. The molecule has 1 aliphatic carbocycles. The van der Waals surface area contributed by atoms with Crippen molar-refractivity contribution in [3.63, 3.8) is 0 Å². The maximum Gasteiger partial charge on any atom is 0.271 e. The lowest BCUT2D eigenvalue weighted by molar-refractivity contribution is 0.0576. The summed E-state index contributed by atoms with van der Waals surface area (Å²) in [7, 11) is 0. The molecule has 0 radical (unpaired) electrons. The third-order valence-corrected chi connectivity index (χ3v) is 6.75. The Kier molecular flexibility index (Phi) is 5.94. The smallest absolute Gasteiger partial charge is 0.271 e. The van der Waals surface area contributed by atoms with E-state index in [1.807, 2.05) is 25.1 Å². The molecule has 0 amide bonds. The summed E-state index contributed by atoms with van der Waals surface area (Å²) in [6.07, 6.45) is 2.84. The first-order valence-electron chi connectivity index (χ1n) is 11.5. The predicted octanol–water partition coefficient (Wildman–Crippen LogP) is 4.45. The van der Waals surface area contributed by atoms with Gasteiger partial charge in [-0.25, -0.2) is 8.78 Å². The van der Waals surface area contributed by atoms with Gasteiger partial charge >= 0.3 is 0 Å². The van der Waals surface area contributed by atoms with Gasteiger partial charge in [-0.15, -0.1) is 0 Å². The molecule has 0 atom stereocenters. The molecule has 7 nitrogen and oxygen atoms in total. The second-order valence-corrected chi connectivity index (χ2v) is 9.07. The van der Waals surface area contributed by atoms with Crippen molar-refractivity contribution in [3.8, 4) is 28.2 Å². The van der Waals surface area contributed by atoms with Gasteiger partial charge in [-0.05, 0) is 49.6 Å². The molecule has 2 aromatic carbocycles. The Morgan fingerprint density at radius 3 is 2.63 bits per heavy atom. The molecule has 0 aliphatic heterocycles. The zero-order valence-corrected chi connectivity index (χ0v) is 19.2. The molecule has 0 saturated heterocycles. The number of hydrogen-bond acceptors (Lipinski definition) is 5. The number of benzene rings is 2. The van der Waals surface area contributed by atoms with Crippen molar-refractivity contribution < 1.29 is 13.9 Å². The molecule has 3 N–H and O–H groups in total. The van der Waals surface area contributed by atoms with E-state index in [4.69, 9.17) is 0 Å². The number of nitrogens with zero attached hydrogens (tertiary/aromatic N) is 3. The number of halogens is 2. The van der Waals surface area contributed by atoms with Crippen LogP contribution in [0.25, 0.3) is 28.2 Å². The molecule has 0 bridgehead atoms. The number of aromatic nitrogens is 4. The van der Waals surface area contributed by atoms with Crippen molar-refractivity contribution in [2.45, 2.75) is 26.2 Å². The third kappa shape index (κ3) is 4.23. The van der Waals surface area contributed by atoms with Gasteiger partial charge in [0.1, 0.15) is 11.6 Å². The SMILES string of the molecule is Cc1ccccc1-n1nc(-c2c(NCC3(CO)CCC3)n[nH]c2-c2ccc(F)cc2F)ccc1=O. The first-order chi connectivity index (χ1) is 16.9. The number of aliphatic hydroxyl groups is 1. The minimum absolute atomic E-state index is 0.0512. The number of aryl methyl sites for hydroxylation is 1. The zero-order chi connectivity index (χ0) is 24.6. The fourth-order valence-electron chi connectivity index (χ4n) is 4.46. The second kappa shape index (κ2) is 9.07. The van der Waals surface area contributed by atoms with Crippen molar-refractivity contribution in [1.82, 2.24) is 20.0 Å². The normalized spacial score (nSPS) is 14.5. The van der Waals surface area contributed by atoms with Gasteiger partial charge in [0.25, 0.3) is 5.56 Å². The molecule has 180 valence electrons. The van der Waals surface area contributed by atoms with E-state index in [2.05, 4.69) is 20.6 Å². The molecule has 0 unspecified atom stereocenters. The van der Waals surface area contributed by atoms with Gasteiger partial charge in [0.2, 0.25) is 0 Å². The molecular weight excluding hydrogens is 452 g/mol. The predicted molar refractivity (Wildman–Crippen MR) is 129 cm³/mol. The van der Waals surface area contributed by atoms with E-state index in [9.17, 15) is 18.7 Å². The Hall–Kier alpha value is -3.85. The standard InChI is InChI=1S/C26H25F2N5O2/c1-16-5-2-3-6-21(16)33-22(35)10-9-20(32-33)23-24(18-8-7-17(27)13-19(18)28)30-31-25(23)29-14-26(15-34)11-4-12-26/h2-3,5-10,13,34H,4,11-12,14-15H2,1H3,(H2,29,30,31). The number of rotatable bonds is 7. The van der Waals surface area contributed by atoms with Crippen molar-refractivity contribution in [2.75, 3.05) is 18.5 Å². The van der Waals surface area contributed by atoms with Crippen LogP contribution in [-0.2, 0) is 0 Å². The summed E-state index contributed by atoms with van der Waals surface area (Å²) in [4.78, 5) is 12.7. The van der Waals surface area contributed by atoms with Crippen LogP contribution >= 0.6 is 0 Å². The zero-order valence-electron chi connectivity index (χ0n) is 19.2. The van der Waals surface area contributed by atoms with Crippen molar-refractivity contribution >= 4 is 5.82 Å². The van der Waals surface area contributed by atoms with Crippen LogP contribution < -0.4 is 10.9 Å². The Bertz CT molecular complexity index is 1440. The van der Waals surface area contributed by atoms with Crippen LogP contribution in [0, 0.1) is 24.0 Å². The average molecular weight is 478 g/mol. The van der Waals surface area contributed by atoms with Crippen molar-refractivity contribution in [3.05, 3.63) is 82.1 Å². The molecule has 1 aliphatic rings.